The van der Waals surface area contributed by atoms with Crippen LogP contribution in [0.4, 0.5) is 0 Å². The predicted octanol–water partition coefficient (Wildman–Crippen LogP) is 2.41. The smallest absolute Gasteiger partial charge is 0.212 e. The van der Waals surface area contributed by atoms with Gasteiger partial charge in [0, 0.05) is 50.5 Å². The maximum Gasteiger partial charge on any atom is 0.212 e. The van der Waals surface area contributed by atoms with Crippen molar-refractivity contribution >= 4 is 0 Å². The number of ether oxygens (including phenoxy) is 2. The topological polar surface area (TPSA) is 63.3 Å². The molecule has 1 saturated heterocycles. The molecule has 0 aliphatic carbocycles. The van der Waals surface area contributed by atoms with Crippen molar-refractivity contribution in [1.82, 2.24) is 19.9 Å². The number of fused-ring (bicyclic) bond motifs is 1. The number of nitrogens with one attached hydrogen (secondary N) is 1. The fourth-order valence-electron chi connectivity index (χ4n) is 3.52. The Hall–Kier alpha value is -1.92. The van der Waals surface area contributed by atoms with E-state index < -0.39 is 0 Å². The van der Waals surface area contributed by atoms with Crippen LogP contribution in [-0.2, 0) is 17.7 Å². The maximum absolute atomic E-state index is 5.88. The van der Waals surface area contributed by atoms with Gasteiger partial charge in [-0.05, 0) is 25.3 Å². The lowest BCUT2D eigenvalue weighted by atomic mass is 10.1. The molecule has 4 heterocycles. The van der Waals surface area contributed by atoms with Crippen molar-refractivity contribution in [3.63, 3.8) is 0 Å². The Morgan fingerprint density at radius 2 is 2.33 bits per heavy atom. The second-order valence-electron chi connectivity index (χ2n) is 6.57. The third kappa shape index (κ3) is 3.30. The van der Waals surface area contributed by atoms with E-state index in [-0.39, 0.29) is 0 Å². The molecule has 0 spiro atoms. The van der Waals surface area contributed by atoms with Crippen molar-refractivity contribution in [2.24, 2.45) is 0 Å². The zero-order valence-corrected chi connectivity index (χ0v) is 14.1. The van der Waals surface area contributed by atoms with Crippen molar-refractivity contribution in [2.45, 2.75) is 38.3 Å². The normalized spacial score (nSPS) is 21.5. The molecule has 0 amide bonds. The molecule has 0 aromatic carbocycles. The summed E-state index contributed by atoms with van der Waals surface area (Å²) in [5.74, 6) is 1.51. The molecule has 2 aromatic heterocycles. The quantitative estimate of drug-likeness (QED) is 0.934. The Kier molecular flexibility index (Phi) is 4.49. The molecular weight excluding hydrogens is 304 g/mol. The number of hydrogen-bond acceptors (Lipinski definition) is 5. The molecule has 0 saturated carbocycles. The minimum Gasteiger partial charge on any atom is -0.481 e. The summed E-state index contributed by atoms with van der Waals surface area (Å²) >= 11 is 0. The van der Waals surface area contributed by atoms with Gasteiger partial charge in [0.05, 0.1) is 24.6 Å². The van der Waals surface area contributed by atoms with E-state index in [2.05, 4.69) is 14.9 Å². The lowest BCUT2D eigenvalue weighted by Crippen LogP contribution is -2.38. The van der Waals surface area contributed by atoms with E-state index in [1.807, 2.05) is 12.1 Å². The first-order valence-electron chi connectivity index (χ1n) is 8.74. The lowest BCUT2D eigenvalue weighted by Gasteiger charge is -2.31. The summed E-state index contributed by atoms with van der Waals surface area (Å²) in [5, 5.41) is 0. The van der Waals surface area contributed by atoms with Crippen molar-refractivity contribution in [1.29, 1.82) is 0 Å². The average Bonchev–Trinajstić information content (AvgIpc) is 3.06. The number of rotatable bonds is 4. The highest BCUT2D eigenvalue weighted by molar-refractivity contribution is 5.55. The molecule has 0 radical (unpaired) electrons. The van der Waals surface area contributed by atoms with E-state index in [0.29, 0.717) is 12.0 Å². The minimum absolute atomic E-state index is 0.397. The number of hydrogen-bond donors (Lipinski definition) is 1. The monoisotopic (exact) mass is 328 g/mol. The largest absolute Gasteiger partial charge is 0.481 e. The van der Waals surface area contributed by atoms with E-state index in [9.17, 15) is 0 Å². The molecule has 0 bridgehead atoms. The van der Waals surface area contributed by atoms with Gasteiger partial charge in [0.15, 0.2) is 0 Å². The van der Waals surface area contributed by atoms with Gasteiger partial charge in [0.1, 0.15) is 5.82 Å². The van der Waals surface area contributed by atoms with E-state index in [4.69, 9.17) is 14.5 Å². The number of pyridine rings is 1. The first-order valence-corrected chi connectivity index (χ1v) is 8.74. The van der Waals surface area contributed by atoms with Gasteiger partial charge >= 0.3 is 0 Å². The van der Waals surface area contributed by atoms with Crippen LogP contribution >= 0.6 is 0 Å². The SMILES string of the molecule is COc1ccc(-c2nc3c([nH]2)CN(C[C@H]2CCCCO2)CC3)cn1. The molecule has 24 heavy (non-hydrogen) atoms. The van der Waals surface area contributed by atoms with Gasteiger partial charge in [0.2, 0.25) is 5.88 Å². The molecule has 0 unspecified atom stereocenters. The summed E-state index contributed by atoms with van der Waals surface area (Å²) in [7, 11) is 1.62. The highest BCUT2D eigenvalue weighted by atomic mass is 16.5. The van der Waals surface area contributed by atoms with Crippen LogP contribution < -0.4 is 4.74 Å². The summed E-state index contributed by atoms with van der Waals surface area (Å²) in [5.41, 5.74) is 3.40. The van der Waals surface area contributed by atoms with Crippen molar-refractivity contribution in [3.05, 3.63) is 29.7 Å². The van der Waals surface area contributed by atoms with Gasteiger partial charge in [-0.15, -0.1) is 0 Å². The number of imidazole rings is 1. The van der Waals surface area contributed by atoms with E-state index in [1.165, 1.54) is 30.7 Å². The van der Waals surface area contributed by atoms with Crippen molar-refractivity contribution in [3.8, 4) is 17.3 Å². The molecule has 6 nitrogen and oxygen atoms in total. The Morgan fingerprint density at radius 1 is 1.38 bits per heavy atom. The van der Waals surface area contributed by atoms with Crippen LogP contribution in [0.1, 0.15) is 30.7 Å². The van der Waals surface area contributed by atoms with E-state index in [1.54, 1.807) is 13.3 Å². The molecule has 1 fully saturated rings. The molecule has 2 aromatic rings. The summed E-state index contributed by atoms with van der Waals surface area (Å²) in [6.45, 7) is 3.92. The number of methoxy groups -OCH3 is 1. The van der Waals surface area contributed by atoms with Gasteiger partial charge in [-0.25, -0.2) is 9.97 Å². The highest BCUT2D eigenvalue weighted by Crippen LogP contribution is 2.24. The molecule has 128 valence electrons. The highest BCUT2D eigenvalue weighted by Gasteiger charge is 2.24. The summed E-state index contributed by atoms with van der Waals surface area (Å²) in [4.78, 5) is 15.0. The van der Waals surface area contributed by atoms with Gasteiger partial charge in [0.25, 0.3) is 0 Å². The van der Waals surface area contributed by atoms with Gasteiger partial charge in [-0.2, -0.15) is 0 Å². The summed E-state index contributed by atoms with van der Waals surface area (Å²) in [6, 6.07) is 3.85. The van der Waals surface area contributed by atoms with Crippen LogP contribution in [0.15, 0.2) is 18.3 Å². The molecule has 1 N–H and O–H groups in total. The van der Waals surface area contributed by atoms with Crippen LogP contribution in [0.3, 0.4) is 0 Å². The van der Waals surface area contributed by atoms with E-state index in [0.717, 1.165) is 44.0 Å². The first-order chi connectivity index (χ1) is 11.8. The van der Waals surface area contributed by atoms with E-state index >= 15 is 0 Å². The number of aromatic amines is 1. The van der Waals surface area contributed by atoms with Crippen molar-refractivity contribution in [2.75, 3.05) is 26.8 Å². The molecule has 2 aliphatic heterocycles. The first kappa shape index (κ1) is 15.6. The Balaban J connectivity index is 1.45. The fourth-order valence-corrected chi connectivity index (χ4v) is 3.52. The maximum atomic E-state index is 5.88. The lowest BCUT2D eigenvalue weighted by molar-refractivity contribution is -0.00826. The van der Waals surface area contributed by atoms with Crippen LogP contribution in [-0.4, -0.2) is 52.8 Å². The second-order valence-corrected chi connectivity index (χ2v) is 6.57. The molecule has 6 heteroatoms. The third-order valence-electron chi connectivity index (χ3n) is 4.87. The van der Waals surface area contributed by atoms with Crippen LogP contribution in [0.5, 0.6) is 5.88 Å². The minimum atomic E-state index is 0.397. The zero-order valence-electron chi connectivity index (χ0n) is 14.1. The predicted molar refractivity (Wildman–Crippen MR) is 90.9 cm³/mol. The van der Waals surface area contributed by atoms with Crippen LogP contribution in [0, 0.1) is 0 Å². The van der Waals surface area contributed by atoms with Gasteiger partial charge < -0.3 is 14.5 Å². The Labute approximate surface area is 142 Å². The fraction of sp³-hybridized carbons (Fsp3) is 0.556. The van der Waals surface area contributed by atoms with Crippen LogP contribution in [0.2, 0.25) is 0 Å². The van der Waals surface area contributed by atoms with Crippen molar-refractivity contribution < 1.29 is 9.47 Å². The number of aromatic nitrogens is 3. The van der Waals surface area contributed by atoms with Gasteiger partial charge in [-0.1, -0.05) is 0 Å². The number of nitrogens with zero attached hydrogens (tertiary/aromatic N) is 3. The Morgan fingerprint density at radius 3 is 3.08 bits per heavy atom. The standard InChI is InChI=1S/C18H24N4O2/c1-23-17-6-5-13(10-19-17)18-20-15-7-8-22(12-16(15)21-18)11-14-4-2-3-9-24-14/h5-6,10,14H,2-4,7-9,11-12H2,1H3,(H,20,21)/t14-/m1/s1. The molecule has 1 atom stereocenters. The van der Waals surface area contributed by atoms with Crippen LogP contribution in [0.25, 0.3) is 11.4 Å². The second kappa shape index (κ2) is 6.91. The molecule has 4 rings (SSSR count). The zero-order chi connectivity index (χ0) is 16.4. The number of H-pyrrole nitrogens is 1. The summed E-state index contributed by atoms with van der Waals surface area (Å²) in [6.07, 6.45) is 6.88. The molecular formula is C18H24N4O2. The average molecular weight is 328 g/mol. The Bertz CT molecular complexity index is 677. The third-order valence-corrected chi connectivity index (χ3v) is 4.87. The molecule has 2 aliphatic rings. The van der Waals surface area contributed by atoms with Gasteiger partial charge in [-0.3, -0.25) is 4.90 Å². The summed E-state index contributed by atoms with van der Waals surface area (Å²) < 4.78 is 11.0.